The second kappa shape index (κ2) is 9.55. The Morgan fingerprint density at radius 1 is 1.00 bits per heavy atom. The molecule has 0 aromatic carbocycles. The predicted molar refractivity (Wildman–Crippen MR) is 74.3 cm³/mol. The van der Waals surface area contributed by atoms with Gasteiger partial charge in [0.25, 0.3) is 0 Å². The largest absolute Gasteiger partial charge is 0.547 e. The quantitative estimate of drug-likeness (QED) is 0.342. The van der Waals surface area contributed by atoms with Crippen molar-refractivity contribution in [3.63, 3.8) is 0 Å². The minimum atomic E-state index is -0.598. The van der Waals surface area contributed by atoms with Crippen LogP contribution in [0.3, 0.4) is 0 Å². The Bertz CT molecular complexity index is 235. The molecule has 16 heavy (non-hydrogen) atoms. The molecule has 0 heterocycles. The van der Waals surface area contributed by atoms with Crippen molar-refractivity contribution in [3.05, 3.63) is 24.0 Å². The number of ether oxygens (including phenoxy) is 1. The lowest BCUT2D eigenvalue weighted by molar-refractivity contribution is 0.100. The Morgan fingerprint density at radius 3 is 2.00 bits per heavy atom. The highest BCUT2D eigenvalue weighted by Crippen LogP contribution is 2.17. The Hall–Kier alpha value is -0.669. The van der Waals surface area contributed by atoms with Crippen molar-refractivity contribution in [1.82, 2.24) is 0 Å². The monoisotopic (exact) mass is 278 g/mol. The molecule has 0 rings (SSSR count). The Kier molecular flexibility index (Phi) is 9.15. The van der Waals surface area contributed by atoms with Crippen LogP contribution in [0.1, 0.15) is 6.92 Å². The Morgan fingerprint density at radius 2 is 1.56 bits per heavy atom. The first kappa shape index (κ1) is 15.3. The van der Waals surface area contributed by atoms with Crippen LogP contribution in [0, 0.1) is 0 Å². The molecular weight excluding hydrogens is 256 g/mol. The molecule has 0 amide bonds. The van der Waals surface area contributed by atoms with E-state index in [9.17, 15) is 0 Å². The summed E-state index contributed by atoms with van der Waals surface area (Å²) in [6, 6.07) is 0. The van der Waals surface area contributed by atoms with E-state index >= 15 is 0 Å². The Labute approximate surface area is 105 Å². The molecule has 0 radical (unpaired) electrons. The predicted octanol–water partition coefficient (Wildman–Crippen LogP) is 0.151. The molecule has 0 aliphatic heterocycles. The van der Waals surface area contributed by atoms with Crippen LogP contribution in [-0.4, -0.2) is 35.9 Å². The van der Waals surface area contributed by atoms with Crippen LogP contribution in [-0.2, 0) is 18.0 Å². The Balaban J connectivity index is 4.87. The van der Waals surface area contributed by atoms with Gasteiger partial charge in [-0.2, -0.15) is 0 Å². The highest BCUT2D eigenvalue weighted by atomic mass is 28.2. The van der Waals surface area contributed by atoms with Gasteiger partial charge in [-0.25, -0.2) is 0 Å². The summed E-state index contributed by atoms with van der Waals surface area (Å²) < 4.78 is 22.0. The van der Waals surface area contributed by atoms with E-state index in [2.05, 4.69) is 6.58 Å². The van der Waals surface area contributed by atoms with Crippen molar-refractivity contribution in [1.29, 1.82) is 0 Å². The van der Waals surface area contributed by atoms with E-state index in [1.54, 1.807) is 0 Å². The van der Waals surface area contributed by atoms with E-state index in [0.717, 1.165) is 0 Å². The molecule has 0 atom stereocenters. The van der Waals surface area contributed by atoms with Gasteiger partial charge in [0.1, 0.15) is 5.76 Å². The van der Waals surface area contributed by atoms with E-state index in [0.29, 0.717) is 24.1 Å². The fourth-order valence-corrected chi connectivity index (χ4v) is 2.60. The first-order valence-electron chi connectivity index (χ1n) is 5.65. The summed E-state index contributed by atoms with van der Waals surface area (Å²) in [6.07, 6.45) is 0. The molecule has 0 fully saturated rings. The third-order valence-corrected chi connectivity index (χ3v) is 3.36. The first-order valence-corrected chi connectivity index (χ1v) is 11.6. The molecule has 0 spiro atoms. The van der Waals surface area contributed by atoms with Crippen LogP contribution in [0.25, 0.3) is 0 Å². The maximum absolute atomic E-state index is 5.61. The average molecular weight is 279 g/mol. The zero-order chi connectivity index (χ0) is 12.4. The molecule has 0 saturated heterocycles. The van der Waals surface area contributed by atoms with Crippen LogP contribution in [0.15, 0.2) is 24.0 Å². The van der Waals surface area contributed by atoms with E-state index in [-0.39, 0.29) is 0 Å². The minimum Gasteiger partial charge on any atom is -0.547 e. The molecule has 0 unspecified atom stereocenters. The zero-order valence-corrected chi connectivity index (χ0v) is 14.9. The van der Waals surface area contributed by atoms with Gasteiger partial charge < -0.3 is 18.0 Å². The molecule has 0 bridgehead atoms. The summed E-state index contributed by atoms with van der Waals surface area (Å²) in [5, 5.41) is 0. The second-order valence-electron chi connectivity index (χ2n) is 2.77. The first-order chi connectivity index (χ1) is 7.71. The van der Waals surface area contributed by atoms with Crippen molar-refractivity contribution in [2.24, 2.45) is 0 Å². The van der Waals surface area contributed by atoms with Gasteiger partial charge in [0.2, 0.25) is 35.0 Å². The molecule has 0 N–H and O–H groups in total. The van der Waals surface area contributed by atoms with E-state index in [1.807, 2.05) is 26.6 Å². The lowest BCUT2D eigenvalue weighted by Gasteiger charge is -2.18. The molecule has 0 aliphatic carbocycles. The van der Waals surface area contributed by atoms with Crippen molar-refractivity contribution >= 4 is 29.3 Å². The highest BCUT2D eigenvalue weighted by Gasteiger charge is 2.14. The van der Waals surface area contributed by atoms with Crippen LogP contribution in [0.2, 0.25) is 19.6 Å². The molecular formula is C9H22O4Si3. The number of hydrogen-bond acceptors (Lipinski definition) is 4. The topological polar surface area (TPSA) is 36.9 Å². The molecule has 0 aromatic heterocycles. The van der Waals surface area contributed by atoms with Gasteiger partial charge >= 0.3 is 5.95 Å². The fraction of sp³-hybridized carbons (Fsp3) is 0.556. The third kappa shape index (κ3) is 5.42. The molecule has 4 nitrogen and oxygen atoms in total. The molecule has 94 valence electrons. The average Bonchev–Trinajstić information content (AvgIpc) is 2.26. The molecule has 0 aromatic rings. The standard InChI is InChI=1S/C9H22O4Si3/c1-6-10-9(13-16-5)8(12-15-4)7(2)11-14-3/h2,6,14-16H2,1,3-5H3. The van der Waals surface area contributed by atoms with Crippen molar-refractivity contribution in [3.8, 4) is 0 Å². The summed E-state index contributed by atoms with van der Waals surface area (Å²) in [5.74, 6) is 1.58. The van der Waals surface area contributed by atoms with Gasteiger partial charge in [-0.1, -0.05) is 6.58 Å². The van der Waals surface area contributed by atoms with E-state index in [1.165, 1.54) is 0 Å². The summed E-state index contributed by atoms with van der Waals surface area (Å²) in [5.41, 5.74) is 0. The lowest BCUT2D eigenvalue weighted by Crippen LogP contribution is -2.11. The van der Waals surface area contributed by atoms with Gasteiger partial charge in [0.15, 0.2) is 0 Å². The summed E-state index contributed by atoms with van der Waals surface area (Å²) in [4.78, 5) is 0. The van der Waals surface area contributed by atoms with Gasteiger partial charge in [-0.3, -0.25) is 0 Å². The highest BCUT2D eigenvalue weighted by molar-refractivity contribution is 6.26. The van der Waals surface area contributed by atoms with Crippen molar-refractivity contribution in [2.75, 3.05) is 6.61 Å². The smallest absolute Gasteiger partial charge is 0.311 e. The van der Waals surface area contributed by atoms with Gasteiger partial charge in [-0.05, 0) is 26.6 Å². The number of rotatable bonds is 9. The van der Waals surface area contributed by atoms with Crippen molar-refractivity contribution in [2.45, 2.75) is 26.6 Å². The van der Waals surface area contributed by atoms with E-state index in [4.69, 9.17) is 18.0 Å². The van der Waals surface area contributed by atoms with Crippen LogP contribution >= 0.6 is 0 Å². The fourth-order valence-electron chi connectivity index (χ4n) is 1.07. The minimum absolute atomic E-state index is 0.457. The summed E-state index contributed by atoms with van der Waals surface area (Å²) in [6.45, 7) is 12.5. The van der Waals surface area contributed by atoms with Gasteiger partial charge in [0.05, 0.1) is 6.61 Å². The number of hydrogen-bond donors (Lipinski definition) is 0. The van der Waals surface area contributed by atoms with Gasteiger partial charge in [-0.15, -0.1) is 0 Å². The zero-order valence-electron chi connectivity index (χ0n) is 10.7. The van der Waals surface area contributed by atoms with Crippen LogP contribution in [0.4, 0.5) is 0 Å². The van der Waals surface area contributed by atoms with Crippen LogP contribution < -0.4 is 0 Å². The maximum Gasteiger partial charge on any atom is 0.311 e. The van der Waals surface area contributed by atoms with Crippen molar-refractivity contribution < 1.29 is 18.0 Å². The maximum atomic E-state index is 5.61. The normalized spacial score (nSPS) is 13.8. The van der Waals surface area contributed by atoms with Crippen LogP contribution in [0.5, 0.6) is 0 Å². The molecule has 0 saturated carbocycles. The van der Waals surface area contributed by atoms with E-state index < -0.39 is 29.3 Å². The summed E-state index contributed by atoms with van der Waals surface area (Å²) in [7, 11) is -1.74. The SMILES string of the molecule is C=C(O[SiH2]C)C(O[SiH2]C)=C(OCC)O[SiH2]C. The molecule has 0 aliphatic rings. The molecule has 7 heteroatoms. The van der Waals surface area contributed by atoms with Gasteiger partial charge in [0, 0.05) is 0 Å². The second-order valence-corrected chi connectivity index (χ2v) is 5.37. The summed E-state index contributed by atoms with van der Waals surface area (Å²) >= 11 is 0. The third-order valence-electron chi connectivity index (χ3n) is 1.60. The lowest BCUT2D eigenvalue weighted by atomic mass is 10.5.